The molecule has 1 aromatic heterocycles. The van der Waals surface area contributed by atoms with Gasteiger partial charge in [-0.05, 0) is 37.5 Å². The van der Waals surface area contributed by atoms with Crippen molar-refractivity contribution < 1.29 is 14.3 Å². The van der Waals surface area contributed by atoms with E-state index in [1.165, 1.54) is 11.3 Å². The van der Waals surface area contributed by atoms with Gasteiger partial charge in [-0.15, -0.1) is 10.2 Å². The monoisotopic (exact) mass is 361 g/mol. The molecule has 1 aromatic carbocycles. The minimum atomic E-state index is -0.208. The molecule has 0 aliphatic carbocycles. The van der Waals surface area contributed by atoms with Crippen LogP contribution in [0.25, 0.3) is 0 Å². The number of nitrogens with one attached hydrogen (secondary N) is 1. The van der Waals surface area contributed by atoms with Crippen molar-refractivity contribution >= 4 is 22.4 Å². The zero-order chi connectivity index (χ0) is 17.5. The normalized spacial score (nSPS) is 16.8. The number of unbranched alkanes of at least 4 members (excludes halogenated alkanes) is 1. The van der Waals surface area contributed by atoms with Crippen LogP contribution in [0.3, 0.4) is 0 Å². The number of hydrogen-bond acceptors (Lipinski definition) is 6. The van der Waals surface area contributed by atoms with Crippen LogP contribution in [0.5, 0.6) is 5.75 Å². The van der Waals surface area contributed by atoms with Crippen molar-refractivity contribution in [2.75, 3.05) is 18.5 Å². The van der Waals surface area contributed by atoms with Crippen LogP contribution in [0.1, 0.15) is 48.0 Å². The molecule has 1 N–H and O–H groups in total. The molecule has 1 amide bonds. The third kappa shape index (κ3) is 5.24. The van der Waals surface area contributed by atoms with Crippen molar-refractivity contribution in [2.24, 2.45) is 0 Å². The van der Waals surface area contributed by atoms with Crippen molar-refractivity contribution in [2.45, 2.75) is 45.1 Å². The number of nitrogens with zero attached hydrogens (tertiary/aromatic N) is 2. The van der Waals surface area contributed by atoms with E-state index >= 15 is 0 Å². The van der Waals surface area contributed by atoms with Gasteiger partial charge in [-0.1, -0.05) is 30.7 Å². The second kappa shape index (κ2) is 8.92. The van der Waals surface area contributed by atoms with Crippen LogP contribution >= 0.6 is 11.3 Å². The number of aryl methyl sites for hydroxylation is 1. The first-order chi connectivity index (χ1) is 12.2. The van der Waals surface area contributed by atoms with Gasteiger partial charge in [0.1, 0.15) is 17.4 Å². The molecule has 1 unspecified atom stereocenters. The van der Waals surface area contributed by atoms with Gasteiger partial charge in [-0.3, -0.25) is 10.1 Å². The molecule has 2 aromatic rings. The summed E-state index contributed by atoms with van der Waals surface area (Å²) in [4.78, 5) is 12.4. The summed E-state index contributed by atoms with van der Waals surface area (Å²) in [5, 5.41) is 12.4. The molecule has 134 valence electrons. The van der Waals surface area contributed by atoms with E-state index in [1.54, 1.807) is 12.1 Å². The van der Waals surface area contributed by atoms with Gasteiger partial charge in [0.15, 0.2) is 0 Å². The number of hydrogen-bond donors (Lipinski definition) is 1. The smallest absolute Gasteiger partial charge is 0.257 e. The summed E-state index contributed by atoms with van der Waals surface area (Å²) in [6.07, 6.45) is 5.35. The van der Waals surface area contributed by atoms with Crippen molar-refractivity contribution in [1.82, 2.24) is 10.2 Å². The van der Waals surface area contributed by atoms with Crippen molar-refractivity contribution in [3.63, 3.8) is 0 Å². The number of carbonyl (C=O) groups excluding carboxylic acids is 1. The van der Waals surface area contributed by atoms with Crippen LogP contribution in [0.15, 0.2) is 24.3 Å². The molecule has 0 spiro atoms. The Hall–Kier alpha value is -1.99. The van der Waals surface area contributed by atoms with E-state index in [-0.39, 0.29) is 12.0 Å². The van der Waals surface area contributed by atoms with Gasteiger partial charge in [0.05, 0.1) is 6.10 Å². The van der Waals surface area contributed by atoms with E-state index in [0.29, 0.717) is 23.1 Å². The zero-order valence-corrected chi connectivity index (χ0v) is 15.2. The van der Waals surface area contributed by atoms with Crippen molar-refractivity contribution in [1.29, 1.82) is 0 Å². The lowest BCUT2D eigenvalue weighted by atomic mass is 10.2. The lowest BCUT2D eigenvalue weighted by molar-refractivity contribution is 0.0679. The van der Waals surface area contributed by atoms with E-state index in [4.69, 9.17) is 9.47 Å². The maximum Gasteiger partial charge on any atom is 0.257 e. The summed E-state index contributed by atoms with van der Waals surface area (Å²) in [5.74, 6) is 0.463. The topological polar surface area (TPSA) is 73.3 Å². The number of anilines is 1. The number of aromatic nitrogens is 2. The van der Waals surface area contributed by atoms with Gasteiger partial charge in [-0.25, -0.2) is 0 Å². The molecule has 0 radical (unpaired) electrons. The van der Waals surface area contributed by atoms with Crippen LogP contribution in [0, 0.1) is 0 Å². The minimum absolute atomic E-state index is 0.153. The van der Waals surface area contributed by atoms with Gasteiger partial charge in [0.25, 0.3) is 5.91 Å². The SMILES string of the molecule is CCCCc1nnc(NC(=O)c2cccc(OCC3CCCO3)c2)s1. The molecule has 1 aliphatic rings. The molecular formula is C18H23N3O3S. The van der Waals surface area contributed by atoms with E-state index < -0.39 is 0 Å². The highest BCUT2D eigenvalue weighted by Gasteiger charge is 2.16. The first-order valence-electron chi connectivity index (χ1n) is 8.73. The number of carbonyl (C=O) groups is 1. The Balaban J connectivity index is 1.56. The Kier molecular flexibility index (Phi) is 6.36. The maximum absolute atomic E-state index is 12.4. The second-order valence-electron chi connectivity index (χ2n) is 6.03. The Bertz CT molecular complexity index is 698. The Morgan fingerprint density at radius 1 is 1.44 bits per heavy atom. The predicted molar refractivity (Wildman–Crippen MR) is 97.4 cm³/mol. The van der Waals surface area contributed by atoms with Crippen molar-refractivity contribution in [3.8, 4) is 5.75 Å². The largest absolute Gasteiger partial charge is 0.491 e. The zero-order valence-electron chi connectivity index (χ0n) is 14.4. The third-order valence-electron chi connectivity index (χ3n) is 3.99. The van der Waals surface area contributed by atoms with Crippen LogP contribution < -0.4 is 10.1 Å². The third-order valence-corrected chi connectivity index (χ3v) is 4.89. The Morgan fingerprint density at radius 3 is 3.16 bits per heavy atom. The van der Waals surface area contributed by atoms with Crippen LogP contribution in [-0.2, 0) is 11.2 Å². The maximum atomic E-state index is 12.4. The molecule has 1 aliphatic heterocycles. The molecule has 1 fully saturated rings. The quantitative estimate of drug-likeness (QED) is 0.776. The summed E-state index contributed by atoms with van der Waals surface area (Å²) in [7, 11) is 0. The van der Waals surface area contributed by atoms with Gasteiger partial charge in [0, 0.05) is 18.6 Å². The summed E-state index contributed by atoms with van der Waals surface area (Å²) >= 11 is 1.43. The molecular weight excluding hydrogens is 338 g/mol. The van der Waals surface area contributed by atoms with Crippen molar-refractivity contribution in [3.05, 3.63) is 34.8 Å². The summed E-state index contributed by atoms with van der Waals surface area (Å²) in [6, 6.07) is 7.16. The van der Waals surface area contributed by atoms with Crippen LogP contribution in [0.2, 0.25) is 0 Å². The minimum Gasteiger partial charge on any atom is -0.491 e. The molecule has 3 rings (SSSR count). The van der Waals surface area contributed by atoms with Gasteiger partial charge < -0.3 is 9.47 Å². The van der Waals surface area contributed by atoms with Crippen LogP contribution in [-0.4, -0.2) is 35.4 Å². The Labute approximate surface area is 151 Å². The molecule has 1 atom stereocenters. The molecule has 0 saturated carbocycles. The van der Waals surface area contributed by atoms with E-state index in [2.05, 4.69) is 22.4 Å². The Morgan fingerprint density at radius 2 is 2.36 bits per heavy atom. The van der Waals surface area contributed by atoms with E-state index in [0.717, 1.165) is 43.7 Å². The standard InChI is InChI=1S/C18H23N3O3S/c1-2-3-9-16-20-21-18(25-16)19-17(22)13-6-4-7-14(11-13)24-12-15-8-5-10-23-15/h4,6-7,11,15H,2-3,5,8-10,12H2,1H3,(H,19,21,22). The van der Waals surface area contributed by atoms with Crippen LogP contribution in [0.4, 0.5) is 5.13 Å². The second-order valence-corrected chi connectivity index (χ2v) is 7.09. The van der Waals surface area contributed by atoms with Gasteiger partial charge >= 0.3 is 0 Å². The highest BCUT2D eigenvalue weighted by Crippen LogP contribution is 2.20. The fourth-order valence-electron chi connectivity index (χ4n) is 2.59. The molecule has 25 heavy (non-hydrogen) atoms. The summed E-state index contributed by atoms with van der Waals surface area (Å²) < 4.78 is 11.3. The molecule has 7 heteroatoms. The lowest BCUT2D eigenvalue weighted by Crippen LogP contribution is -2.17. The number of ether oxygens (including phenoxy) is 2. The molecule has 6 nitrogen and oxygen atoms in total. The fraction of sp³-hybridized carbons (Fsp3) is 0.500. The van der Waals surface area contributed by atoms with E-state index in [9.17, 15) is 4.79 Å². The number of rotatable bonds is 8. The highest BCUT2D eigenvalue weighted by atomic mass is 32.1. The molecule has 0 bridgehead atoms. The first kappa shape index (κ1) is 17.8. The van der Waals surface area contributed by atoms with Gasteiger partial charge in [0.2, 0.25) is 5.13 Å². The number of benzene rings is 1. The fourth-order valence-corrected chi connectivity index (χ4v) is 3.37. The number of amides is 1. The lowest BCUT2D eigenvalue weighted by Gasteiger charge is -2.12. The highest BCUT2D eigenvalue weighted by molar-refractivity contribution is 7.15. The average molecular weight is 361 g/mol. The summed E-state index contributed by atoms with van der Waals surface area (Å²) in [5.41, 5.74) is 0.537. The predicted octanol–water partition coefficient (Wildman–Crippen LogP) is 3.69. The molecule has 2 heterocycles. The molecule has 1 saturated heterocycles. The van der Waals surface area contributed by atoms with E-state index in [1.807, 2.05) is 12.1 Å². The first-order valence-corrected chi connectivity index (χ1v) is 9.54. The summed E-state index contributed by atoms with van der Waals surface area (Å²) in [6.45, 7) is 3.46. The average Bonchev–Trinajstić information content (AvgIpc) is 3.30. The van der Waals surface area contributed by atoms with Gasteiger partial charge in [-0.2, -0.15) is 0 Å².